The van der Waals surface area contributed by atoms with E-state index in [1.54, 1.807) is 0 Å². The van der Waals surface area contributed by atoms with Crippen molar-refractivity contribution in [2.75, 3.05) is 18.6 Å². The molecule has 0 saturated heterocycles. The van der Waals surface area contributed by atoms with Gasteiger partial charge < -0.3 is 14.6 Å². The Balaban J connectivity index is 2.43. The van der Waals surface area contributed by atoms with Gasteiger partial charge in [-0.25, -0.2) is 8.42 Å². The van der Waals surface area contributed by atoms with E-state index >= 15 is 0 Å². The van der Waals surface area contributed by atoms with E-state index in [1.165, 1.54) is 13.2 Å². The van der Waals surface area contributed by atoms with Crippen LogP contribution in [0.4, 0.5) is 0 Å². The second-order valence-corrected chi connectivity index (χ2v) is 8.92. The summed E-state index contributed by atoms with van der Waals surface area (Å²) in [5, 5.41) is 10.00. The standard InChI is InChI=1S/C21H26O6S/c1-15-12-20(26-10-7-11-28(3,24)25)18(13-22)19(14-27-16(2)23)21(15)17-8-5-4-6-9-17/h4-6,8-9,12,22H,7,10-11,13-14H2,1-3H3. The minimum Gasteiger partial charge on any atom is -0.493 e. The molecule has 0 aliphatic carbocycles. The van der Waals surface area contributed by atoms with Crippen LogP contribution in [0, 0.1) is 6.92 Å². The van der Waals surface area contributed by atoms with E-state index in [2.05, 4.69) is 0 Å². The zero-order chi connectivity index (χ0) is 20.7. The molecule has 0 aliphatic heterocycles. The average molecular weight is 407 g/mol. The van der Waals surface area contributed by atoms with Gasteiger partial charge in [0.2, 0.25) is 0 Å². The average Bonchev–Trinajstić information content (AvgIpc) is 2.63. The molecule has 0 aliphatic rings. The highest BCUT2D eigenvalue weighted by atomic mass is 32.2. The maximum Gasteiger partial charge on any atom is 0.302 e. The zero-order valence-corrected chi connectivity index (χ0v) is 17.2. The smallest absolute Gasteiger partial charge is 0.302 e. The lowest BCUT2D eigenvalue weighted by Crippen LogP contribution is -2.11. The van der Waals surface area contributed by atoms with Gasteiger partial charge in [-0.1, -0.05) is 30.3 Å². The van der Waals surface area contributed by atoms with Gasteiger partial charge in [0, 0.05) is 24.3 Å². The summed E-state index contributed by atoms with van der Waals surface area (Å²) < 4.78 is 33.6. The normalized spacial score (nSPS) is 11.3. The first-order valence-electron chi connectivity index (χ1n) is 8.98. The van der Waals surface area contributed by atoms with Crippen LogP contribution in [0.1, 0.15) is 30.0 Å². The third kappa shape index (κ3) is 6.07. The van der Waals surface area contributed by atoms with Gasteiger partial charge in [-0.2, -0.15) is 0 Å². The van der Waals surface area contributed by atoms with Crippen LogP contribution >= 0.6 is 0 Å². The van der Waals surface area contributed by atoms with Crippen molar-refractivity contribution in [1.82, 2.24) is 0 Å². The van der Waals surface area contributed by atoms with Crippen molar-refractivity contribution in [3.63, 3.8) is 0 Å². The highest BCUT2D eigenvalue weighted by Crippen LogP contribution is 2.36. The Kier molecular flexibility index (Phi) is 7.60. The van der Waals surface area contributed by atoms with Gasteiger partial charge in [0.15, 0.2) is 0 Å². The molecule has 152 valence electrons. The summed E-state index contributed by atoms with van der Waals surface area (Å²) in [6.07, 6.45) is 1.53. The van der Waals surface area contributed by atoms with Crippen LogP contribution < -0.4 is 4.74 Å². The summed E-state index contributed by atoms with van der Waals surface area (Å²) in [5.41, 5.74) is 3.95. The van der Waals surface area contributed by atoms with Crippen LogP contribution in [0.5, 0.6) is 5.75 Å². The first-order chi connectivity index (χ1) is 13.2. The molecule has 2 aromatic carbocycles. The monoisotopic (exact) mass is 406 g/mol. The van der Waals surface area contributed by atoms with Gasteiger partial charge in [0.25, 0.3) is 0 Å². The summed E-state index contributed by atoms with van der Waals surface area (Å²) >= 11 is 0. The van der Waals surface area contributed by atoms with Crippen molar-refractivity contribution in [2.24, 2.45) is 0 Å². The van der Waals surface area contributed by atoms with E-state index < -0.39 is 15.8 Å². The molecule has 0 aromatic heterocycles. The number of aliphatic hydroxyl groups is 1. The molecular formula is C21H26O6S. The van der Waals surface area contributed by atoms with Gasteiger partial charge in [-0.3, -0.25) is 4.79 Å². The quantitative estimate of drug-likeness (QED) is 0.509. The Morgan fingerprint density at radius 1 is 1.14 bits per heavy atom. The highest BCUT2D eigenvalue weighted by molar-refractivity contribution is 7.90. The van der Waals surface area contributed by atoms with Crippen LogP contribution in [0.15, 0.2) is 36.4 Å². The molecule has 6 nitrogen and oxygen atoms in total. The van der Waals surface area contributed by atoms with Gasteiger partial charge in [0.1, 0.15) is 22.2 Å². The van der Waals surface area contributed by atoms with Crippen molar-refractivity contribution >= 4 is 15.8 Å². The number of carbonyl (C=O) groups is 1. The van der Waals surface area contributed by atoms with Crippen molar-refractivity contribution in [1.29, 1.82) is 0 Å². The molecule has 0 heterocycles. The van der Waals surface area contributed by atoms with Crippen LogP contribution in [-0.4, -0.2) is 38.1 Å². The molecule has 0 saturated carbocycles. The number of carbonyl (C=O) groups excluding carboxylic acids is 1. The highest BCUT2D eigenvalue weighted by Gasteiger charge is 2.19. The van der Waals surface area contributed by atoms with Crippen LogP contribution in [0.25, 0.3) is 11.1 Å². The van der Waals surface area contributed by atoms with E-state index in [4.69, 9.17) is 9.47 Å². The van der Waals surface area contributed by atoms with Crippen LogP contribution in [0.3, 0.4) is 0 Å². The first kappa shape index (κ1) is 21.9. The minimum absolute atomic E-state index is 0.0107. The van der Waals surface area contributed by atoms with Crippen molar-refractivity contribution in [3.8, 4) is 16.9 Å². The number of sulfone groups is 1. The molecule has 2 rings (SSSR count). The molecule has 0 bridgehead atoms. The molecule has 28 heavy (non-hydrogen) atoms. The lowest BCUT2D eigenvalue weighted by atomic mass is 9.91. The number of rotatable bonds is 9. The molecular weight excluding hydrogens is 380 g/mol. The fourth-order valence-corrected chi connectivity index (χ4v) is 3.68. The third-order valence-corrected chi connectivity index (χ3v) is 5.29. The Morgan fingerprint density at radius 3 is 2.39 bits per heavy atom. The number of benzene rings is 2. The molecule has 1 N–H and O–H groups in total. The predicted octanol–water partition coefficient (Wildman–Crippen LogP) is 3.03. The number of aryl methyl sites for hydroxylation is 1. The Morgan fingerprint density at radius 2 is 1.82 bits per heavy atom. The molecule has 0 radical (unpaired) electrons. The number of esters is 1. The lowest BCUT2D eigenvalue weighted by Gasteiger charge is -2.20. The number of hydrogen-bond acceptors (Lipinski definition) is 6. The Hall–Kier alpha value is -2.38. The number of ether oxygens (including phenoxy) is 2. The molecule has 2 aromatic rings. The summed E-state index contributed by atoms with van der Waals surface area (Å²) in [6, 6.07) is 11.5. The Labute approximate surface area is 166 Å². The van der Waals surface area contributed by atoms with Crippen LogP contribution in [-0.2, 0) is 32.6 Å². The molecule has 0 spiro atoms. The summed E-state index contributed by atoms with van der Waals surface area (Å²) in [6.45, 7) is 3.18. The maximum atomic E-state index is 11.4. The molecule has 0 atom stereocenters. The van der Waals surface area contributed by atoms with Gasteiger partial charge in [0.05, 0.1) is 19.0 Å². The number of hydrogen-bond donors (Lipinski definition) is 1. The molecule has 0 unspecified atom stereocenters. The second kappa shape index (κ2) is 9.71. The fraction of sp³-hybridized carbons (Fsp3) is 0.381. The molecule has 0 amide bonds. The summed E-state index contributed by atoms with van der Waals surface area (Å²) in [5.74, 6) is 0.0819. The second-order valence-electron chi connectivity index (χ2n) is 6.66. The van der Waals surface area contributed by atoms with E-state index in [0.29, 0.717) is 23.3 Å². The topological polar surface area (TPSA) is 89.9 Å². The Bertz CT molecular complexity index is 920. The predicted molar refractivity (Wildman–Crippen MR) is 108 cm³/mol. The van der Waals surface area contributed by atoms with Crippen molar-refractivity contribution in [2.45, 2.75) is 33.5 Å². The van der Waals surface area contributed by atoms with E-state index in [9.17, 15) is 18.3 Å². The largest absolute Gasteiger partial charge is 0.493 e. The number of aliphatic hydroxyl groups excluding tert-OH is 1. The molecule has 7 heteroatoms. The fourth-order valence-electron chi connectivity index (χ4n) is 3.04. The summed E-state index contributed by atoms with van der Waals surface area (Å²) in [7, 11) is -3.06. The van der Waals surface area contributed by atoms with Gasteiger partial charge in [-0.05, 0) is 36.1 Å². The summed E-state index contributed by atoms with van der Waals surface area (Å²) in [4.78, 5) is 11.4. The van der Waals surface area contributed by atoms with Crippen molar-refractivity contribution < 1.29 is 27.8 Å². The third-order valence-electron chi connectivity index (χ3n) is 4.26. The van der Waals surface area contributed by atoms with Crippen LogP contribution in [0.2, 0.25) is 0 Å². The first-order valence-corrected chi connectivity index (χ1v) is 11.0. The van der Waals surface area contributed by atoms with E-state index in [0.717, 1.165) is 16.7 Å². The zero-order valence-electron chi connectivity index (χ0n) is 16.4. The lowest BCUT2D eigenvalue weighted by molar-refractivity contribution is -0.142. The molecule has 0 fully saturated rings. The van der Waals surface area contributed by atoms with Gasteiger partial charge in [-0.15, -0.1) is 0 Å². The maximum absolute atomic E-state index is 11.4. The van der Waals surface area contributed by atoms with Gasteiger partial charge >= 0.3 is 5.97 Å². The van der Waals surface area contributed by atoms with E-state index in [1.807, 2.05) is 43.3 Å². The minimum atomic E-state index is -3.06. The van der Waals surface area contributed by atoms with E-state index in [-0.39, 0.29) is 25.6 Å². The van der Waals surface area contributed by atoms with Crippen molar-refractivity contribution in [3.05, 3.63) is 53.1 Å². The SMILES string of the molecule is CC(=O)OCc1c(CO)c(OCCCS(C)(=O)=O)cc(C)c1-c1ccccc1.